The molecule has 0 fully saturated rings. The Hall–Kier alpha value is -3.18. The fourth-order valence-corrected chi connectivity index (χ4v) is 3.16. The first-order valence-electron chi connectivity index (χ1n) is 8.40. The zero-order valence-electron chi connectivity index (χ0n) is 14.9. The summed E-state index contributed by atoms with van der Waals surface area (Å²) in [5.41, 5.74) is 10.9. The molecule has 5 nitrogen and oxygen atoms in total. The predicted molar refractivity (Wildman–Crippen MR) is 109 cm³/mol. The number of pyridine rings is 1. The molecule has 4 rings (SSSR count). The minimum Gasteiger partial charge on any atom is -0.497 e. The van der Waals surface area contributed by atoms with Crippen molar-refractivity contribution in [1.29, 1.82) is 0 Å². The van der Waals surface area contributed by atoms with Gasteiger partial charge in [-0.15, -0.1) is 0 Å². The first-order chi connectivity index (χ1) is 13.0. The van der Waals surface area contributed by atoms with Crippen molar-refractivity contribution in [3.05, 3.63) is 65.3 Å². The highest BCUT2D eigenvalue weighted by Gasteiger charge is 2.13. The van der Waals surface area contributed by atoms with Crippen molar-refractivity contribution in [1.82, 2.24) is 15.0 Å². The molecule has 0 atom stereocenters. The number of anilines is 1. The maximum Gasteiger partial charge on any atom is 0.221 e. The summed E-state index contributed by atoms with van der Waals surface area (Å²) in [7, 11) is 1.63. The van der Waals surface area contributed by atoms with Crippen LogP contribution in [0.3, 0.4) is 0 Å². The normalized spacial score (nSPS) is 10.9. The molecule has 2 N–H and O–H groups in total. The van der Waals surface area contributed by atoms with E-state index in [1.165, 1.54) is 5.56 Å². The summed E-state index contributed by atoms with van der Waals surface area (Å²) < 4.78 is 5.30. The highest BCUT2D eigenvalue weighted by molar-refractivity contribution is 6.32. The van der Waals surface area contributed by atoms with Gasteiger partial charge in [0.05, 0.1) is 24.0 Å². The number of methoxy groups -OCH3 is 1. The van der Waals surface area contributed by atoms with E-state index in [0.29, 0.717) is 16.4 Å². The van der Waals surface area contributed by atoms with Crippen LogP contribution in [-0.4, -0.2) is 22.1 Å². The second-order valence-corrected chi connectivity index (χ2v) is 6.61. The number of rotatable bonds is 3. The highest BCUT2D eigenvalue weighted by atomic mass is 35.5. The van der Waals surface area contributed by atoms with Gasteiger partial charge in [0.2, 0.25) is 5.95 Å². The fraction of sp³-hybridized carbons (Fsp3) is 0.0952. The van der Waals surface area contributed by atoms with Crippen molar-refractivity contribution in [3.8, 4) is 28.3 Å². The van der Waals surface area contributed by atoms with Gasteiger partial charge in [-0.1, -0.05) is 41.4 Å². The molecule has 6 heteroatoms. The highest BCUT2D eigenvalue weighted by Crippen LogP contribution is 2.32. The molecule has 27 heavy (non-hydrogen) atoms. The molecule has 2 aromatic carbocycles. The number of fused-ring (bicyclic) bond motifs is 1. The molecule has 0 unspecified atom stereocenters. The lowest BCUT2D eigenvalue weighted by Crippen LogP contribution is -1.99. The maximum absolute atomic E-state index is 6.44. The Kier molecular flexibility index (Phi) is 4.38. The van der Waals surface area contributed by atoms with Crippen molar-refractivity contribution in [3.63, 3.8) is 0 Å². The van der Waals surface area contributed by atoms with E-state index in [0.717, 1.165) is 27.9 Å². The topological polar surface area (TPSA) is 73.9 Å². The number of halogens is 1. The number of nitrogen functional groups attached to an aromatic ring is 1. The number of ether oxygens (including phenoxy) is 1. The lowest BCUT2D eigenvalue weighted by molar-refractivity contribution is 0.415. The van der Waals surface area contributed by atoms with Gasteiger partial charge in [0.15, 0.2) is 0 Å². The molecular formula is C21H17ClN4O. The smallest absolute Gasteiger partial charge is 0.221 e. The molecule has 0 amide bonds. The minimum atomic E-state index is 0.185. The van der Waals surface area contributed by atoms with Gasteiger partial charge >= 0.3 is 0 Å². The Bertz CT molecular complexity index is 1140. The third kappa shape index (κ3) is 3.41. The first-order valence-corrected chi connectivity index (χ1v) is 8.77. The largest absolute Gasteiger partial charge is 0.497 e. The third-order valence-corrected chi connectivity index (χ3v) is 4.63. The van der Waals surface area contributed by atoms with E-state index in [4.69, 9.17) is 22.1 Å². The molecule has 0 spiro atoms. The van der Waals surface area contributed by atoms with Crippen molar-refractivity contribution in [2.45, 2.75) is 6.92 Å². The molecule has 0 saturated carbocycles. The van der Waals surface area contributed by atoms with Crippen LogP contribution in [0.15, 0.2) is 54.6 Å². The second kappa shape index (κ2) is 6.85. The van der Waals surface area contributed by atoms with Crippen molar-refractivity contribution in [2.24, 2.45) is 0 Å². The Morgan fingerprint density at radius 3 is 2.37 bits per heavy atom. The number of aromatic nitrogens is 3. The molecule has 0 aliphatic rings. The van der Waals surface area contributed by atoms with Crippen LogP contribution in [0.4, 0.5) is 5.95 Å². The summed E-state index contributed by atoms with van der Waals surface area (Å²) in [6.07, 6.45) is 0. The van der Waals surface area contributed by atoms with E-state index in [9.17, 15) is 0 Å². The van der Waals surface area contributed by atoms with Crippen LogP contribution in [0.2, 0.25) is 5.15 Å². The summed E-state index contributed by atoms with van der Waals surface area (Å²) in [5.74, 6) is 0.935. The van der Waals surface area contributed by atoms with Crippen LogP contribution in [0.1, 0.15) is 5.56 Å². The van der Waals surface area contributed by atoms with Crippen LogP contribution >= 0.6 is 11.6 Å². The molecule has 0 bridgehead atoms. The number of hydrogen-bond acceptors (Lipinski definition) is 5. The van der Waals surface area contributed by atoms with Gasteiger partial charge in [-0.05, 0) is 37.3 Å². The average Bonchev–Trinajstić information content (AvgIpc) is 2.67. The fourth-order valence-electron chi connectivity index (χ4n) is 2.91. The van der Waals surface area contributed by atoms with E-state index in [-0.39, 0.29) is 5.95 Å². The van der Waals surface area contributed by atoms with Crippen LogP contribution in [0.5, 0.6) is 5.75 Å². The summed E-state index contributed by atoms with van der Waals surface area (Å²) >= 11 is 6.44. The van der Waals surface area contributed by atoms with E-state index in [1.54, 1.807) is 7.11 Å². The van der Waals surface area contributed by atoms with Gasteiger partial charge in [-0.2, -0.15) is 0 Å². The van der Waals surface area contributed by atoms with E-state index < -0.39 is 0 Å². The van der Waals surface area contributed by atoms with Gasteiger partial charge in [0.25, 0.3) is 0 Å². The molecule has 0 aliphatic heterocycles. The van der Waals surface area contributed by atoms with E-state index in [2.05, 4.69) is 15.0 Å². The summed E-state index contributed by atoms with van der Waals surface area (Å²) in [5, 5.41) is 1.27. The third-order valence-electron chi connectivity index (χ3n) is 4.34. The van der Waals surface area contributed by atoms with Crippen molar-refractivity contribution >= 4 is 28.5 Å². The molecule has 0 saturated heterocycles. The number of aryl methyl sites for hydroxylation is 1. The Morgan fingerprint density at radius 1 is 0.889 bits per heavy atom. The van der Waals surface area contributed by atoms with Gasteiger partial charge in [0, 0.05) is 16.5 Å². The predicted octanol–water partition coefficient (Wildman–Crippen LogP) is 4.91. The zero-order valence-corrected chi connectivity index (χ0v) is 15.7. The summed E-state index contributed by atoms with van der Waals surface area (Å²) in [6.45, 7) is 2.04. The molecule has 134 valence electrons. The average molecular weight is 377 g/mol. The summed E-state index contributed by atoms with van der Waals surface area (Å²) in [6, 6.07) is 17.5. The molecule has 0 aliphatic carbocycles. The molecule has 2 heterocycles. The van der Waals surface area contributed by atoms with Gasteiger partial charge in [-0.3, -0.25) is 0 Å². The molecule has 0 radical (unpaired) electrons. The van der Waals surface area contributed by atoms with Crippen molar-refractivity contribution < 1.29 is 4.74 Å². The lowest BCUT2D eigenvalue weighted by atomic mass is 10.1. The van der Waals surface area contributed by atoms with Crippen LogP contribution < -0.4 is 10.5 Å². The van der Waals surface area contributed by atoms with E-state index in [1.807, 2.05) is 61.5 Å². The van der Waals surface area contributed by atoms with Gasteiger partial charge in [-0.25, -0.2) is 15.0 Å². The van der Waals surface area contributed by atoms with Crippen LogP contribution in [-0.2, 0) is 0 Å². The van der Waals surface area contributed by atoms with Gasteiger partial charge in [0.1, 0.15) is 10.9 Å². The number of nitrogens with zero attached hydrogens (tertiary/aromatic N) is 3. The maximum atomic E-state index is 6.44. The Morgan fingerprint density at radius 2 is 1.63 bits per heavy atom. The number of nitrogens with two attached hydrogens (primary N) is 1. The minimum absolute atomic E-state index is 0.185. The Balaban J connectivity index is 1.87. The van der Waals surface area contributed by atoms with Crippen molar-refractivity contribution in [2.75, 3.05) is 12.8 Å². The zero-order chi connectivity index (χ0) is 19.0. The first kappa shape index (κ1) is 17.2. The molecule has 4 aromatic rings. The quantitative estimate of drug-likeness (QED) is 0.514. The van der Waals surface area contributed by atoms with Crippen LogP contribution in [0, 0.1) is 6.92 Å². The Labute approximate surface area is 161 Å². The summed E-state index contributed by atoms with van der Waals surface area (Å²) in [4.78, 5) is 13.2. The SMILES string of the molecule is COc1ccc2nc(Cl)c(-c3cc(-c4ccc(C)cc4)nc(N)n3)cc2c1. The second-order valence-electron chi connectivity index (χ2n) is 6.25. The number of hydrogen-bond donors (Lipinski definition) is 1. The van der Waals surface area contributed by atoms with Crippen LogP contribution in [0.25, 0.3) is 33.4 Å². The molecule has 2 aromatic heterocycles. The van der Waals surface area contributed by atoms with E-state index >= 15 is 0 Å². The lowest BCUT2D eigenvalue weighted by Gasteiger charge is -2.10. The molecular weight excluding hydrogens is 360 g/mol. The monoisotopic (exact) mass is 376 g/mol. The van der Waals surface area contributed by atoms with Gasteiger partial charge < -0.3 is 10.5 Å². The number of benzene rings is 2. The standard InChI is InChI=1S/C21H17ClN4O/c1-12-3-5-13(6-4-12)18-11-19(26-21(23)25-18)16-10-14-9-15(27-2)7-8-17(14)24-20(16)22/h3-11H,1-2H3,(H2,23,25,26).